The van der Waals surface area contributed by atoms with Crippen LogP contribution in [0.1, 0.15) is 41.7 Å². The van der Waals surface area contributed by atoms with Crippen LogP contribution in [0.3, 0.4) is 0 Å². The lowest BCUT2D eigenvalue weighted by atomic mass is 9.98. The zero-order valence-electron chi connectivity index (χ0n) is 16.0. The van der Waals surface area contributed by atoms with Crippen molar-refractivity contribution in [2.24, 2.45) is 0 Å². The monoisotopic (exact) mass is 375 g/mol. The van der Waals surface area contributed by atoms with Gasteiger partial charge in [0.2, 0.25) is 5.91 Å². The van der Waals surface area contributed by atoms with Gasteiger partial charge >= 0.3 is 0 Å². The van der Waals surface area contributed by atoms with E-state index >= 15 is 0 Å². The predicted molar refractivity (Wildman–Crippen MR) is 115 cm³/mol. The Balaban J connectivity index is 1.92. The number of carbonyl (C=O) groups is 1. The Morgan fingerprint density at radius 1 is 0.852 bits per heavy atom. The highest BCUT2D eigenvalue weighted by atomic mass is 32.2. The van der Waals surface area contributed by atoms with Crippen molar-refractivity contribution in [1.82, 2.24) is 0 Å². The van der Waals surface area contributed by atoms with Crippen molar-refractivity contribution in [2.75, 3.05) is 5.32 Å². The zero-order valence-corrected chi connectivity index (χ0v) is 16.8. The molecular weight excluding hydrogens is 350 g/mol. The minimum atomic E-state index is -0.312. The second-order valence-electron chi connectivity index (χ2n) is 6.90. The van der Waals surface area contributed by atoms with Crippen molar-refractivity contribution in [3.8, 4) is 0 Å². The summed E-state index contributed by atoms with van der Waals surface area (Å²) in [6.07, 6.45) is 0. The number of rotatable bonds is 6. The van der Waals surface area contributed by atoms with E-state index in [1.54, 1.807) is 11.8 Å². The minimum absolute atomic E-state index is 0.00579. The molecule has 0 radical (unpaired) electrons. The van der Waals surface area contributed by atoms with Gasteiger partial charge in [-0.3, -0.25) is 4.79 Å². The molecule has 0 unspecified atom stereocenters. The van der Waals surface area contributed by atoms with Crippen LogP contribution in [0.2, 0.25) is 0 Å². The van der Waals surface area contributed by atoms with Crippen LogP contribution in [0, 0.1) is 6.92 Å². The smallest absolute Gasteiger partial charge is 0.242 e. The zero-order chi connectivity index (χ0) is 19.2. The number of nitrogens with one attached hydrogen (secondary N) is 1. The van der Waals surface area contributed by atoms with E-state index in [2.05, 4.69) is 25.2 Å². The highest BCUT2D eigenvalue weighted by Gasteiger charge is 2.23. The molecule has 27 heavy (non-hydrogen) atoms. The van der Waals surface area contributed by atoms with Gasteiger partial charge in [-0.2, -0.15) is 0 Å². The van der Waals surface area contributed by atoms with Crippen LogP contribution < -0.4 is 5.32 Å². The number of hydrogen-bond acceptors (Lipinski definition) is 2. The molecule has 1 amide bonds. The molecule has 3 heteroatoms. The van der Waals surface area contributed by atoms with Crippen molar-refractivity contribution in [2.45, 2.75) is 36.8 Å². The summed E-state index contributed by atoms with van der Waals surface area (Å²) in [7, 11) is 0. The highest BCUT2D eigenvalue weighted by Crippen LogP contribution is 2.37. The molecule has 3 aromatic rings. The van der Waals surface area contributed by atoms with Crippen LogP contribution in [0.15, 0.2) is 83.8 Å². The number of benzene rings is 3. The van der Waals surface area contributed by atoms with E-state index in [-0.39, 0.29) is 11.2 Å². The van der Waals surface area contributed by atoms with Crippen LogP contribution >= 0.6 is 11.8 Å². The molecule has 0 aliphatic rings. The molecule has 0 aliphatic carbocycles. The number of aryl methyl sites for hydroxylation is 1. The van der Waals surface area contributed by atoms with E-state index < -0.39 is 0 Å². The number of hydrogen-bond donors (Lipinski definition) is 1. The molecule has 3 rings (SSSR count). The maximum Gasteiger partial charge on any atom is 0.242 e. The summed E-state index contributed by atoms with van der Waals surface area (Å²) >= 11 is 1.58. The Morgan fingerprint density at radius 2 is 1.48 bits per heavy atom. The quantitative estimate of drug-likeness (QED) is 0.492. The standard InChI is InChI=1S/C24H25NOS/c1-17(2)21-16-10-11-18(3)22(21)25-24(26)23(19-12-6-4-7-13-19)27-20-14-8-5-9-15-20/h4-17,23H,1-3H3,(H,25,26)/t23-/m0/s1. The molecule has 0 heterocycles. The van der Waals surface area contributed by atoms with E-state index in [0.29, 0.717) is 5.92 Å². The Labute approximate surface area is 166 Å². The summed E-state index contributed by atoms with van der Waals surface area (Å²) < 4.78 is 0. The van der Waals surface area contributed by atoms with Gasteiger partial charge in [0, 0.05) is 10.6 Å². The number of thioether (sulfide) groups is 1. The van der Waals surface area contributed by atoms with Crippen LogP contribution in [0.25, 0.3) is 0 Å². The van der Waals surface area contributed by atoms with Gasteiger partial charge in [-0.15, -0.1) is 11.8 Å². The average molecular weight is 376 g/mol. The lowest BCUT2D eigenvalue weighted by molar-refractivity contribution is -0.115. The second-order valence-corrected chi connectivity index (χ2v) is 8.08. The molecule has 0 bridgehead atoms. The van der Waals surface area contributed by atoms with E-state index in [9.17, 15) is 4.79 Å². The van der Waals surface area contributed by atoms with Crippen molar-refractivity contribution in [3.05, 3.63) is 95.6 Å². The average Bonchev–Trinajstić information content (AvgIpc) is 2.69. The predicted octanol–water partition coefficient (Wildman–Crippen LogP) is 6.59. The maximum atomic E-state index is 13.3. The molecule has 3 aromatic carbocycles. The molecule has 2 nitrogen and oxygen atoms in total. The molecule has 1 N–H and O–H groups in total. The van der Waals surface area contributed by atoms with Gasteiger partial charge in [0.25, 0.3) is 0 Å². The van der Waals surface area contributed by atoms with E-state index in [1.165, 1.54) is 5.56 Å². The molecule has 0 saturated heterocycles. The van der Waals surface area contributed by atoms with E-state index in [4.69, 9.17) is 0 Å². The van der Waals surface area contributed by atoms with Gasteiger partial charge in [0.05, 0.1) is 0 Å². The first-order valence-electron chi connectivity index (χ1n) is 9.23. The summed E-state index contributed by atoms with van der Waals surface area (Å²) in [5, 5.41) is 2.91. The fourth-order valence-corrected chi connectivity index (χ4v) is 4.11. The maximum absolute atomic E-state index is 13.3. The van der Waals surface area contributed by atoms with Gasteiger partial charge in [-0.1, -0.05) is 80.6 Å². The van der Waals surface area contributed by atoms with Gasteiger partial charge < -0.3 is 5.32 Å². The van der Waals surface area contributed by atoms with Gasteiger partial charge in [-0.25, -0.2) is 0 Å². The third-order valence-corrected chi connectivity index (χ3v) is 5.78. The fraction of sp³-hybridized carbons (Fsp3) is 0.208. The third kappa shape index (κ3) is 4.81. The molecule has 0 fully saturated rings. The first kappa shape index (κ1) is 19.2. The van der Waals surface area contributed by atoms with Crippen molar-refractivity contribution in [3.63, 3.8) is 0 Å². The molecule has 0 saturated carbocycles. The normalized spacial score (nSPS) is 12.0. The second kappa shape index (κ2) is 8.92. The molecule has 138 valence electrons. The summed E-state index contributed by atoms with van der Waals surface area (Å²) in [5.74, 6) is 0.350. The minimum Gasteiger partial charge on any atom is -0.324 e. The topological polar surface area (TPSA) is 29.1 Å². The molecule has 1 atom stereocenters. The molecule has 0 aromatic heterocycles. The molecule has 0 spiro atoms. The van der Waals surface area contributed by atoms with Gasteiger partial charge in [0.1, 0.15) is 5.25 Å². The Morgan fingerprint density at radius 3 is 2.11 bits per heavy atom. The first-order valence-corrected chi connectivity index (χ1v) is 10.1. The molecule has 0 aliphatic heterocycles. The van der Waals surface area contributed by atoms with Crippen LogP contribution in [-0.2, 0) is 4.79 Å². The third-order valence-electron chi connectivity index (χ3n) is 4.51. The summed E-state index contributed by atoms with van der Waals surface area (Å²) in [4.78, 5) is 14.4. The van der Waals surface area contributed by atoms with Crippen LogP contribution in [0.5, 0.6) is 0 Å². The number of para-hydroxylation sites is 1. The number of carbonyl (C=O) groups excluding carboxylic acids is 1. The van der Waals surface area contributed by atoms with E-state index in [1.807, 2.05) is 79.7 Å². The number of anilines is 1. The lowest BCUT2D eigenvalue weighted by Gasteiger charge is -2.21. The highest BCUT2D eigenvalue weighted by molar-refractivity contribution is 8.00. The van der Waals surface area contributed by atoms with Crippen LogP contribution in [0.4, 0.5) is 5.69 Å². The van der Waals surface area contributed by atoms with Gasteiger partial charge in [-0.05, 0) is 41.7 Å². The van der Waals surface area contributed by atoms with Crippen molar-refractivity contribution < 1.29 is 4.79 Å². The fourth-order valence-electron chi connectivity index (χ4n) is 3.07. The van der Waals surface area contributed by atoms with Crippen molar-refractivity contribution in [1.29, 1.82) is 0 Å². The summed E-state index contributed by atoms with van der Waals surface area (Å²) in [6.45, 7) is 6.35. The summed E-state index contributed by atoms with van der Waals surface area (Å²) in [5.41, 5.74) is 4.20. The van der Waals surface area contributed by atoms with Crippen LogP contribution in [-0.4, -0.2) is 5.91 Å². The SMILES string of the molecule is Cc1cccc(C(C)C)c1NC(=O)[C@@H](Sc1ccccc1)c1ccccc1. The Kier molecular flexibility index (Phi) is 6.36. The van der Waals surface area contributed by atoms with Crippen molar-refractivity contribution >= 4 is 23.4 Å². The lowest BCUT2D eigenvalue weighted by Crippen LogP contribution is -2.20. The number of amides is 1. The Bertz CT molecular complexity index is 891. The molecular formula is C24H25NOS. The largest absolute Gasteiger partial charge is 0.324 e. The van der Waals surface area contributed by atoms with E-state index in [0.717, 1.165) is 21.7 Å². The Hall–Kier alpha value is -2.52. The van der Waals surface area contributed by atoms with Gasteiger partial charge in [0.15, 0.2) is 0 Å². The summed E-state index contributed by atoms with van der Waals surface area (Å²) in [6, 6.07) is 26.2. The first-order chi connectivity index (χ1) is 13.1.